The number of sulfonamides is 1. The van der Waals surface area contributed by atoms with Crippen molar-refractivity contribution in [3.63, 3.8) is 0 Å². The van der Waals surface area contributed by atoms with Crippen LogP contribution in [0.2, 0.25) is 0 Å². The zero-order valence-corrected chi connectivity index (χ0v) is 22.2. The summed E-state index contributed by atoms with van der Waals surface area (Å²) in [4.78, 5) is 2.66. The fourth-order valence-electron chi connectivity index (χ4n) is 8.91. The van der Waals surface area contributed by atoms with Gasteiger partial charge in [-0.2, -0.15) is 0 Å². The molecule has 2 aliphatic heterocycles. The molecule has 0 unspecified atom stereocenters. The molecule has 2 heterocycles. The second-order valence-electron chi connectivity index (χ2n) is 12.7. The summed E-state index contributed by atoms with van der Waals surface area (Å²) in [7, 11) is -3.71. The standard InChI is InChI=1S/C30H37FN2O3S/c31-24-5-6-27-26(14-24)25-3-1-2-4-28(25)37(35,36)33(27)18-20-7-9-32(10-8-20)19-29(34)30-15-21-11-22(16-30)13-23(12-21)17-30/h1-6,14,20-23,29,34H,7-13,15-19H2/t21?,22?,23?,29-,30?/m0/s1. The zero-order valence-electron chi connectivity index (χ0n) is 21.4. The first-order chi connectivity index (χ1) is 17.8. The highest BCUT2D eigenvalue weighted by atomic mass is 32.2. The van der Waals surface area contributed by atoms with Crippen molar-refractivity contribution in [2.24, 2.45) is 29.1 Å². The molecule has 1 atom stereocenters. The van der Waals surface area contributed by atoms with E-state index in [1.165, 1.54) is 55.0 Å². The summed E-state index contributed by atoms with van der Waals surface area (Å²) in [5.41, 5.74) is 1.92. The first-order valence-electron chi connectivity index (χ1n) is 14.1. The maximum absolute atomic E-state index is 14.2. The smallest absolute Gasteiger partial charge is 0.264 e. The van der Waals surface area contributed by atoms with Crippen LogP contribution >= 0.6 is 0 Å². The van der Waals surface area contributed by atoms with Crippen LogP contribution in [0.5, 0.6) is 0 Å². The number of halogens is 1. The predicted octanol–water partition coefficient (Wildman–Crippen LogP) is 5.29. The second kappa shape index (κ2) is 8.78. The number of fused-ring (bicyclic) bond motifs is 3. The summed E-state index contributed by atoms with van der Waals surface area (Å²) < 4.78 is 42.9. The molecule has 37 heavy (non-hydrogen) atoms. The van der Waals surface area contributed by atoms with E-state index in [0.717, 1.165) is 50.2 Å². The monoisotopic (exact) mass is 524 g/mol. The van der Waals surface area contributed by atoms with Crippen LogP contribution < -0.4 is 4.31 Å². The lowest BCUT2D eigenvalue weighted by Crippen LogP contribution is -2.55. The van der Waals surface area contributed by atoms with E-state index in [-0.39, 0.29) is 28.1 Å². The molecule has 0 spiro atoms. The minimum atomic E-state index is -3.71. The van der Waals surface area contributed by atoms with Crippen LogP contribution in [0.15, 0.2) is 47.4 Å². The van der Waals surface area contributed by atoms with Crippen molar-refractivity contribution in [3.05, 3.63) is 48.3 Å². The van der Waals surface area contributed by atoms with Gasteiger partial charge in [0.2, 0.25) is 0 Å². The van der Waals surface area contributed by atoms with Gasteiger partial charge in [0, 0.05) is 24.2 Å². The van der Waals surface area contributed by atoms with E-state index in [4.69, 9.17) is 0 Å². The molecule has 5 nitrogen and oxygen atoms in total. The normalized spacial score (nSPS) is 33.2. The highest BCUT2D eigenvalue weighted by Gasteiger charge is 2.54. The van der Waals surface area contributed by atoms with Gasteiger partial charge >= 0.3 is 0 Å². The Balaban J connectivity index is 1.04. The Hall–Kier alpha value is -1.96. The summed E-state index contributed by atoms with van der Waals surface area (Å²) in [5.74, 6) is 2.36. The lowest BCUT2D eigenvalue weighted by Gasteiger charge is -2.59. The Morgan fingerprint density at radius 3 is 2.27 bits per heavy atom. The SMILES string of the molecule is O=S1(=O)c2ccccc2-c2cc(F)ccc2N1CC1CCN(C[C@H](O)C23CC4CC(CC(C4)C2)C3)CC1. The number of likely N-dealkylation sites (tertiary alicyclic amines) is 1. The van der Waals surface area contributed by atoms with Crippen LogP contribution in [0, 0.1) is 34.9 Å². The summed E-state index contributed by atoms with van der Waals surface area (Å²) in [6.07, 6.45) is 9.35. The van der Waals surface area contributed by atoms with Gasteiger partial charge in [-0.05, 0) is 118 Å². The molecule has 8 rings (SSSR count). The van der Waals surface area contributed by atoms with E-state index < -0.39 is 10.0 Å². The third kappa shape index (κ3) is 4.04. The van der Waals surface area contributed by atoms with E-state index in [1.807, 2.05) is 0 Å². The Labute approximate surface area is 219 Å². The Morgan fingerprint density at radius 2 is 1.59 bits per heavy atom. The molecule has 4 bridgehead atoms. The molecule has 2 aromatic rings. The van der Waals surface area contributed by atoms with E-state index in [2.05, 4.69) is 4.90 Å². The number of hydrogen-bond donors (Lipinski definition) is 1. The minimum Gasteiger partial charge on any atom is -0.391 e. The average Bonchev–Trinajstić information content (AvgIpc) is 2.87. The average molecular weight is 525 g/mol. The third-order valence-electron chi connectivity index (χ3n) is 10.3. The highest BCUT2D eigenvalue weighted by molar-refractivity contribution is 7.93. The molecule has 6 aliphatic rings. The van der Waals surface area contributed by atoms with Crippen LogP contribution in [0.25, 0.3) is 11.1 Å². The van der Waals surface area contributed by atoms with E-state index in [0.29, 0.717) is 23.4 Å². The second-order valence-corrected chi connectivity index (χ2v) is 14.6. The number of piperidine rings is 1. The number of anilines is 1. The fraction of sp³-hybridized carbons (Fsp3) is 0.600. The minimum absolute atomic E-state index is 0.139. The fourth-order valence-corrected chi connectivity index (χ4v) is 10.7. The van der Waals surface area contributed by atoms with Gasteiger partial charge in [-0.15, -0.1) is 0 Å². The quantitative estimate of drug-likeness (QED) is 0.577. The summed E-state index contributed by atoms with van der Waals surface area (Å²) in [6.45, 7) is 2.92. The molecule has 198 valence electrons. The van der Waals surface area contributed by atoms with Crippen LogP contribution in [0.1, 0.15) is 51.4 Å². The summed E-state index contributed by atoms with van der Waals surface area (Å²) in [5, 5.41) is 11.4. The molecule has 2 aromatic carbocycles. The molecule has 0 radical (unpaired) electrons. The van der Waals surface area contributed by atoms with Crippen molar-refractivity contribution in [3.8, 4) is 11.1 Å². The van der Waals surface area contributed by atoms with Crippen molar-refractivity contribution >= 4 is 15.7 Å². The maximum Gasteiger partial charge on any atom is 0.264 e. The number of rotatable bonds is 5. The van der Waals surface area contributed by atoms with Crippen molar-refractivity contribution in [2.75, 3.05) is 30.5 Å². The molecule has 4 aliphatic carbocycles. The molecule has 4 saturated carbocycles. The van der Waals surface area contributed by atoms with Gasteiger partial charge in [-0.3, -0.25) is 4.31 Å². The number of hydrogen-bond acceptors (Lipinski definition) is 4. The number of β-amino-alcohol motifs (C(OH)–C–C–N with tert-alkyl or cyclic N) is 1. The van der Waals surface area contributed by atoms with Crippen molar-refractivity contribution < 1.29 is 17.9 Å². The molecule has 1 saturated heterocycles. The first-order valence-corrected chi connectivity index (χ1v) is 15.6. The largest absolute Gasteiger partial charge is 0.391 e. The van der Waals surface area contributed by atoms with Gasteiger partial charge in [0.15, 0.2) is 0 Å². The lowest BCUT2D eigenvalue weighted by atomic mass is 9.48. The predicted molar refractivity (Wildman–Crippen MR) is 142 cm³/mol. The molecular formula is C30H37FN2O3S. The van der Waals surface area contributed by atoms with Crippen molar-refractivity contribution in [1.82, 2.24) is 4.90 Å². The maximum atomic E-state index is 14.2. The van der Waals surface area contributed by atoms with Crippen molar-refractivity contribution in [2.45, 2.75) is 62.4 Å². The molecule has 7 heteroatoms. The molecule has 1 N–H and O–H groups in total. The molecule has 5 fully saturated rings. The van der Waals surface area contributed by atoms with Gasteiger partial charge in [0.05, 0.1) is 16.7 Å². The van der Waals surface area contributed by atoms with Gasteiger partial charge in [-0.25, -0.2) is 12.8 Å². The Morgan fingerprint density at radius 1 is 0.946 bits per heavy atom. The van der Waals surface area contributed by atoms with Gasteiger partial charge in [0.25, 0.3) is 10.0 Å². The van der Waals surface area contributed by atoms with E-state index in [9.17, 15) is 17.9 Å². The van der Waals surface area contributed by atoms with Crippen LogP contribution in [0.3, 0.4) is 0 Å². The van der Waals surface area contributed by atoms with Crippen LogP contribution in [0.4, 0.5) is 10.1 Å². The van der Waals surface area contributed by atoms with Crippen LogP contribution in [-0.2, 0) is 10.0 Å². The number of benzene rings is 2. The number of aliphatic hydroxyl groups excluding tert-OH is 1. The number of aliphatic hydroxyl groups is 1. The third-order valence-corrected chi connectivity index (χ3v) is 12.2. The van der Waals surface area contributed by atoms with Crippen LogP contribution in [-0.4, -0.2) is 50.7 Å². The first kappa shape index (κ1) is 24.1. The molecular weight excluding hydrogens is 487 g/mol. The Kier molecular flexibility index (Phi) is 5.72. The van der Waals surface area contributed by atoms with E-state index in [1.54, 1.807) is 30.3 Å². The van der Waals surface area contributed by atoms with Gasteiger partial charge in [0.1, 0.15) is 5.82 Å². The summed E-state index contributed by atoms with van der Waals surface area (Å²) >= 11 is 0. The van der Waals surface area contributed by atoms with Gasteiger partial charge in [-0.1, -0.05) is 18.2 Å². The Bertz CT molecular complexity index is 1270. The summed E-state index contributed by atoms with van der Waals surface area (Å²) in [6, 6.07) is 11.3. The van der Waals surface area contributed by atoms with E-state index >= 15 is 0 Å². The lowest BCUT2D eigenvalue weighted by molar-refractivity contribution is -0.127. The molecule has 0 aromatic heterocycles. The highest BCUT2D eigenvalue weighted by Crippen LogP contribution is 2.61. The molecule has 0 amide bonds. The van der Waals surface area contributed by atoms with Crippen molar-refractivity contribution in [1.29, 1.82) is 0 Å². The zero-order chi connectivity index (χ0) is 25.4. The topological polar surface area (TPSA) is 60.9 Å². The van der Waals surface area contributed by atoms with Gasteiger partial charge < -0.3 is 10.0 Å². The number of nitrogens with zero attached hydrogens (tertiary/aromatic N) is 2.